The number of hydrogen-bond donors (Lipinski definition) is 1. The van der Waals surface area contributed by atoms with E-state index in [1.54, 1.807) is 0 Å². The summed E-state index contributed by atoms with van der Waals surface area (Å²) >= 11 is 0. The highest BCUT2D eigenvalue weighted by Gasteiger charge is 2.59. The highest BCUT2D eigenvalue weighted by atomic mass is 32.2. The third-order valence-corrected chi connectivity index (χ3v) is 9.07. The molecule has 1 amide bonds. The molecule has 1 saturated heterocycles. The number of carbonyl (C=O) groups excluding carboxylic acids is 1. The molecule has 3 fully saturated rings. The largest absolute Gasteiger partial charge is 0.434 e. The highest BCUT2D eigenvalue weighted by Crippen LogP contribution is 2.63. The third-order valence-electron chi connectivity index (χ3n) is 7.46. The van der Waals surface area contributed by atoms with Crippen LogP contribution in [-0.2, 0) is 16.0 Å². The van der Waals surface area contributed by atoms with Gasteiger partial charge in [0.05, 0.1) is 17.1 Å². The van der Waals surface area contributed by atoms with Gasteiger partial charge in [-0.3, -0.25) is 4.79 Å². The van der Waals surface area contributed by atoms with Crippen LogP contribution in [0.15, 0.2) is 6.20 Å². The minimum Gasteiger partial charge on any atom is -0.350 e. The Balaban J connectivity index is 1.62. The number of fused-ring (bicyclic) bond motifs is 2. The van der Waals surface area contributed by atoms with Gasteiger partial charge in [-0.1, -0.05) is 20.8 Å². The first-order valence-electron chi connectivity index (χ1n) is 10.4. The molecule has 2 aliphatic carbocycles. The molecule has 3 atom stereocenters. The summed E-state index contributed by atoms with van der Waals surface area (Å²) in [5, 5.41) is 3.15. The zero-order chi connectivity index (χ0) is 22.8. The number of aromatic nitrogens is 2. The predicted octanol–water partition coefficient (Wildman–Crippen LogP) is 2.99. The van der Waals surface area contributed by atoms with Crippen LogP contribution in [0.2, 0.25) is 0 Å². The first-order chi connectivity index (χ1) is 14.2. The van der Waals surface area contributed by atoms with Gasteiger partial charge in [-0.2, -0.15) is 13.2 Å². The van der Waals surface area contributed by atoms with Crippen molar-refractivity contribution in [3.63, 3.8) is 0 Å². The number of carbonyl (C=O) groups is 1. The molecule has 2 bridgehead atoms. The molecule has 3 aliphatic rings. The van der Waals surface area contributed by atoms with Gasteiger partial charge in [-0.05, 0) is 36.0 Å². The first-order valence-corrected chi connectivity index (χ1v) is 12.3. The summed E-state index contributed by atoms with van der Waals surface area (Å²) < 4.78 is 64.5. The average Bonchev–Trinajstić information content (AvgIpc) is 3.15. The Labute approximate surface area is 179 Å². The van der Waals surface area contributed by atoms with Gasteiger partial charge in [-0.25, -0.2) is 18.4 Å². The second kappa shape index (κ2) is 7.05. The fourth-order valence-electron chi connectivity index (χ4n) is 5.70. The lowest BCUT2D eigenvalue weighted by molar-refractivity contribution is -0.141. The second-order valence-electron chi connectivity index (χ2n) is 9.89. The maximum atomic E-state index is 13.8. The Bertz CT molecular complexity index is 993. The van der Waals surface area contributed by atoms with Crippen molar-refractivity contribution < 1.29 is 26.4 Å². The number of sulfone groups is 1. The second-order valence-corrected chi connectivity index (χ2v) is 12.2. The summed E-state index contributed by atoms with van der Waals surface area (Å²) in [6.07, 6.45) is -0.820. The molecule has 172 valence electrons. The summed E-state index contributed by atoms with van der Waals surface area (Å²) in [5.41, 5.74) is -2.10. The maximum Gasteiger partial charge on any atom is 0.434 e. The number of nitrogens with zero attached hydrogens (tertiary/aromatic N) is 3. The zero-order valence-electron chi connectivity index (χ0n) is 17.8. The van der Waals surface area contributed by atoms with Gasteiger partial charge < -0.3 is 10.2 Å². The molecule has 1 aliphatic heterocycles. The number of hydrogen-bond acceptors (Lipinski definition) is 6. The van der Waals surface area contributed by atoms with E-state index >= 15 is 0 Å². The van der Waals surface area contributed by atoms with E-state index < -0.39 is 33.2 Å². The van der Waals surface area contributed by atoms with Gasteiger partial charge in [0, 0.05) is 25.3 Å². The molecule has 0 aromatic carbocycles. The molecule has 0 spiro atoms. The Morgan fingerprint density at radius 2 is 1.87 bits per heavy atom. The smallest absolute Gasteiger partial charge is 0.350 e. The molecule has 0 radical (unpaired) electrons. The molecule has 4 rings (SSSR count). The van der Waals surface area contributed by atoms with Crippen LogP contribution < -0.4 is 5.32 Å². The van der Waals surface area contributed by atoms with E-state index in [1.807, 2.05) is 0 Å². The Hall–Kier alpha value is -1.91. The van der Waals surface area contributed by atoms with Crippen LogP contribution in [0.1, 0.15) is 56.1 Å². The van der Waals surface area contributed by atoms with Crippen LogP contribution >= 0.6 is 0 Å². The minimum absolute atomic E-state index is 0.0380. The molecular weight excluding hydrogens is 433 g/mol. The topological polar surface area (TPSA) is 92.3 Å². The number of rotatable bonds is 3. The Morgan fingerprint density at radius 1 is 1.23 bits per heavy atom. The van der Waals surface area contributed by atoms with Crippen LogP contribution in [0.3, 0.4) is 0 Å². The summed E-state index contributed by atoms with van der Waals surface area (Å²) in [6, 6.07) is -0.0753. The van der Waals surface area contributed by atoms with Crippen molar-refractivity contribution >= 4 is 21.7 Å². The number of halogens is 3. The van der Waals surface area contributed by atoms with Gasteiger partial charge >= 0.3 is 6.18 Å². The van der Waals surface area contributed by atoms with Crippen molar-refractivity contribution in [2.45, 2.75) is 52.3 Å². The molecule has 0 unspecified atom stereocenters. The van der Waals surface area contributed by atoms with E-state index in [0.29, 0.717) is 5.92 Å². The molecule has 2 heterocycles. The van der Waals surface area contributed by atoms with Gasteiger partial charge in [0.15, 0.2) is 15.5 Å². The van der Waals surface area contributed by atoms with Crippen molar-refractivity contribution in [2.24, 2.45) is 16.7 Å². The third kappa shape index (κ3) is 3.89. The number of anilines is 1. The fraction of sp³-hybridized carbons (Fsp3) is 0.750. The number of alkyl halides is 3. The molecule has 11 heteroatoms. The lowest BCUT2D eigenvalue weighted by Gasteiger charge is -2.43. The first kappa shape index (κ1) is 22.3. The van der Waals surface area contributed by atoms with Crippen LogP contribution in [0.25, 0.3) is 0 Å². The molecule has 1 aromatic heterocycles. The van der Waals surface area contributed by atoms with Crippen molar-refractivity contribution in [3.05, 3.63) is 17.5 Å². The van der Waals surface area contributed by atoms with Crippen molar-refractivity contribution in [1.29, 1.82) is 0 Å². The van der Waals surface area contributed by atoms with Gasteiger partial charge in [0.1, 0.15) is 0 Å². The standard InChI is InChI=1S/C20H27F3N4O3S/c1-18(2)12-4-5-19(3,10-12)16(18)26-17-24-11-13(14(25-17)20(21,22)23)15(28)27-6-8-31(29,30)9-7-27/h11-12,16H,4-10H2,1-3H3,(H,24,25,26)/t12-,16+,19-/m0/s1. The van der Waals surface area contributed by atoms with E-state index in [0.717, 1.165) is 30.4 Å². The quantitative estimate of drug-likeness (QED) is 0.746. The Kier molecular flexibility index (Phi) is 5.07. The summed E-state index contributed by atoms with van der Waals surface area (Å²) in [5.74, 6) is -1.08. The summed E-state index contributed by atoms with van der Waals surface area (Å²) in [4.78, 5) is 21.6. The van der Waals surface area contributed by atoms with Crippen molar-refractivity contribution in [3.8, 4) is 0 Å². The fourth-order valence-corrected chi connectivity index (χ4v) is 6.90. The molecule has 1 N–H and O–H groups in total. The van der Waals surface area contributed by atoms with Crippen molar-refractivity contribution in [2.75, 3.05) is 29.9 Å². The van der Waals surface area contributed by atoms with E-state index in [-0.39, 0.29) is 47.4 Å². The highest BCUT2D eigenvalue weighted by molar-refractivity contribution is 7.91. The van der Waals surface area contributed by atoms with E-state index in [4.69, 9.17) is 0 Å². The van der Waals surface area contributed by atoms with Crippen molar-refractivity contribution in [1.82, 2.24) is 14.9 Å². The lowest BCUT2D eigenvalue weighted by atomic mass is 9.68. The number of nitrogens with one attached hydrogen (secondary N) is 1. The average molecular weight is 461 g/mol. The maximum absolute atomic E-state index is 13.8. The van der Waals surface area contributed by atoms with Crippen LogP contribution in [0.4, 0.5) is 19.1 Å². The van der Waals surface area contributed by atoms with Gasteiger partial charge in [-0.15, -0.1) is 0 Å². The lowest BCUT2D eigenvalue weighted by Crippen LogP contribution is -2.46. The van der Waals surface area contributed by atoms with Crippen LogP contribution in [-0.4, -0.2) is 59.8 Å². The van der Waals surface area contributed by atoms with Gasteiger partial charge in [0.25, 0.3) is 5.91 Å². The zero-order valence-corrected chi connectivity index (χ0v) is 18.6. The molecule has 1 aromatic rings. The van der Waals surface area contributed by atoms with Crippen LogP contribution in [0, 0.1) is 16.7 Å². The molecule has 31 heavy (non-hydrogen) atoms. The van der Waals surface area contributed by atoms with E-state index in [9.17, 15) is 26.4 Å². The number of amides is 1. The minimum atomic E-state index is -4.85. The Morgan fingerprint density at radius 3 is 2.42 bits per heavy atom. The monoisotopic (exact) mass is 460 g/mol. The normalized spacial score (nSPS) is 31.6. The predicted molar refractivity (Wildman–Crippen MR) is 108 cm³/mol. The molecule has 2 saturated carbocycles. The van der Waals surface area contributed by atoms with E-state index in [1.165, 1.54) is 0 Å². The molecular formula is C20H27F3N4O3S. The summed E-state index contributed by atoms with van der Waals surface area (Å²) in [7, 11) is -3.27. The summed E-state index contributed by atoms with van der Waals surface area (Å²) in [6.45, 7) is 6.09. The molecule has 7 nitrogen and oxygen atoms in total. The van der Waals surface area contributed by atoms with E-state index in [2.05, 4.69) is 36.1 Å². The van der Waals surface area contributed by atoms with Gasteiger partial charge in [0.2, 0.25) is 5.95 Å². The van der Waals surface area contributed by atoms with Crippen LogP contribution in [0.5, 0.6) is 0 Å². The SMILES string of the molecule is CC1(C)[C@H]2CC[C@@](C)(C2)[C@@H]1Nc1ncc(C(=O)N2CCS(=O)(=O)CC2)c(C(F)(F)F)n1.